The molecule has 1 aromatic carbocycles. The Balaban J connectivity index is 1.78. The van der Waals surface area contributed by atoms with E-state index in [1.807, 2.05) is 6.07 Å². The molecular formula is C15H21N3O2. The van der Waals surface area contributed by atoms with E-state index in [1.165, 1.54) is 0 Å². The Bertz CT molecular complexity index is 530. The fourth-order valence-electron chi connectivity index (χ4n) is 3.06. The Kier molecular flexibility index (Phi) is 3.30. The van der Waals surface area contributed by atoms with E-state index < -0.39 is 0 Å². The quantitative estimate of drug-likeness (QED) is 0.824. The highest BCUT2D eigenvalue weighted by atomic mass is 16.5. The molecule has 2 fully saturated rings. The molecular weight excluding hydrogens is 254 g/mol. The van der Waals surface area contributed by atoms with E-state index in [1.54, 1.807) is 31.1 Å². The third-order valence-corrected chi connectivity index (χ3v) is 4.15. The predicted molar refractivity (Wildman–Crippen MR) is 78.8 cm³/mol. The predicted octanol–water partition coefficient (Wildman–Crippen LogP) is 1.70. The number of nitrogens with one attached hydrogen (secondary N) is 1. The number of anilines is 2. The van der Waals surface area contributed by atoms with Crippen molar-refractivity contribution in [3.8, 4) is 0 Å². The Morgan fingerprint density at radius 3 is 2.80 bits per heavy atom. The van der Waals surface area contributed by atoms with Gasteiger partial charge in [0.25, 0.3) is 5.91 Å². The standard InChI is InChI=1S/C15H21N3O2/c1-18(2)15(19)9-3-5-11(16)12(7-9)17-13-8-10-4-6-14(13)20-10/h3,5,7,10,13-14,17H,4,6,8,16H2,1-2H3. The minimum absolute atomic E-state index is 0.0164. The van der Waals surface area contributed by atoms with Crippen molar-refractivity contribution in [3.63, 3.8) is 0 Å². The molecule has 2 saturated heterocycles. The van der Waals surface area contributed by atoms with Crippen molar-refractivity contribution >= 4 is 17.3 Å². The van der Waals surface area contributed by atoms with Crippen molar-refractivity contribution in [2.45, 2.75) is 37.5 Å². The number of hydrogen-bond acceptors (Lipinski definition) is 4. The summed E-state index contributed by atoms with van der Waals surface area (Å²) in [5.74, 6) is -0.0164. The largest absolute Gasteiger partial charge is 0.397 e. The zero-order valence-electron chi connectivity index (χ0n) is 11.9. The number of ether oxygens (including phenoxy) is 1. The lowest BCUT2D eigenvalue weighted by Gasteiger charge is -2.22. The van der Waals surface area contributed by atoms with Crippen LogP contribution in [0.15, 0.2) is 18.2 Å². The molecule has 5 heteroatoms. The van der Waals surface area contributed by atoms with Crippen LogP contribution < -0.4 is 11.1 Å². The van der Waals surface area contributed by atoms with Gasteiger partial charge in [-0.1, -0.05) is 0 Å². The molecule has 108 valence electrons. The number of benzene rings is 1. The maximum absolute atomic E-state index is 12.0. The number of nitrogens with two attached hydrogens (primary N) is 1. The van der Waals surface area contributed by atoms with Gasteiger partial charge in [0.2, 0.25) is 0 Å². The fraction of sp³-hybridized carbons (Fsp3) is 0.533. The Hall–Kier alpha value is -1.75. The van der Waals surface area contributed by atoms with Crippen LogP contribution in [0.4, 0.5) is 11.4 Å². The molecule has 1 amide bonds. The van der Waals surface area contributed by atoms with Gasteiger partial charge in [-0.3, -0.25) is 4.79 Å². The molecule has 1 aromatic rings. The summed E-state index contributed by atoms with van der Waals surface area (Å²) in [4.78, 5) is 13.6. The molecule has 0 radical (unpaired) electrons. The molecule has 2 bridgehead atoms. The molecule has 3 N–H and O–H groups in total. The Morgan fingerprint density at radius 2 is 2.20 bits per heavy atom. The van der Waals surface area contributed by atoms with E-state index in [-0.39, 0.29) is 12.0 Å². The van der Waals surface area contributed by atoms with Gasteiger partial charge in [-0.2, -0.15) is 0 Å². The highest BCUT2D eigenvalue weighted by Crippen LogP contribution is 2.36. The van der Waals surface area contributed by atoms with Gasteiger partial charge in [0.05, 0.1) is 29.6 Å². The normalized spacial score (nSPS) is 27.6. The van der Waals surface area contributed by atoms with E-state index in [9.17, 15) is 4.79 Å². The molecule has 5 nitrogen and oxygen atoms in total. The van der Waals surface area contributed by atoms with Crippen LogP contribution in [0.5, 0.6) is 0 Å². The van der Waals surface area contributed by atoms with Gasteiger partial charge in [-0.05, 0) is 37.5 Å². The van der Waals surface area contributed by atoms with Gasteiger partial charge >= 0.3 is 0 Å². The number of fused-ring (bicyclic) bond motifs is 2. The molecule has 3 unspecified atom stereocenters. The smallest absolute Gasteiger partial charge is 0.253 e. The summed E-state index contributed by atoms with van der Waals surface area (Å²) in [6.45, 7) is 0. The second kappa shape index (κ2) is 4.98. The molecule has 0 saturated carbocycles. The lowest BCUT2D eigenvalue weighted by molar-refractivity contribution is 0.0827. The topological polar surface area (TPSA) is 67.6 Å². The summed E-state index contributed by atoms with van der Waals surface area (Å²) >= 11 is 0. The summed E-state index contributed by atoms with van der Waals surface area (Å²) in [5.41, 5.74) is 8.16. The molecule has 2 aliphatic heterocycles. The first kappa shape index (κ1) is 13.2. The van der Waals surface area contributed by atoms with Gasteiger partial charge in [0.15, 0.2) is 0 Å². The van der Waals surface area contributed by atoms with Crippen molar-refractivity contribution < 1.29 is 9.53 Å². The van der Waals surface area contributed by atoms with Crippen LogP contribution >= 0.6 is 0 Å². The minimum atomic E-state index is -0.0164. The van der Waals surface area contributed by atoms with Gasteiger partial charge in [0, 0.05) is 19.7 Å². The number of nitrogen functional groups attached to an aromatic ring is 1. The maximum atomic E-state index is 12.0. The van der Waals surface area contributed by atoms with Crippen molar-refractivity contribution in [1.82, 2.24) is 4.90 Å². The van der Waals surface area contributed by atoms with E-state index in [2.05, 4.69) is 5.32 Å². The highest BCUT2D eigenvalue weighted by Gasteiger charge is 2.40. The molecule has 0 aromatic heterocycles. The maximum Gasteiger partial charge on any atom is 0.253 e. The van der Waals surface area contributed by atoms with E-state index >= 15 is 0 Å². The molecule has 2 heterocycles. The Morgan fingerprint density at radius 1 is 1.40 bits per heavy atom. The Labute approximate surface area is 119 Å². The summed E-state index contributed by atoms with van der Waals surface area (Å²) in [5, 5.41) is 3.45. The minimum Gasteiger partial charge on any atom is -0.397 e. The number of hydrogen-bond donors (Lipinski definition) is 2. The fourth-order valence-corrected chi connectivity index (χ4v) is 3.06. The van der Waals surface area contributed by atoms with Gasteiger partial charge in [0.1, 0.15) is 0 Å². The summed E-state index contributed by atoms with van der Waals surface area (Å²) in [7, 11) is 3.49. The number of amides is 1. The van der Waals surface area contributed by atoms with Crippen molar-refractivity contribution in [3.05, 3.63) is 23.8 Å². The van der Waals surface area contributed by atoms with Gasteiger partial charge in [-0.15, -0.1) is 0 Å². The van der Waals surface area contributed by atoms with Crippen LogP contribution in [0.3, 0.4) is 0 Å². The van der Waals surface area contributed by atoms with Crippen molar-refractivity contribution in [1.29, 1.82) is 0 Å². The van der Waals surface area contributed by atoms with Crippen LogP contribution in [-0.2, 0) is 4.74 Å². The number of rotatable bonds is 3. The van der Waals surface area contributed by atoms with Crippen molar-refractivity contribution in [2.24, 2.45) is 0 Å². The lowest BCUT2D eigenvalue weighted by atomic mass is 9.95. The van der Waals surface area contributed by atoms with Crippen LogP contribution in [-0.4, -0.2) is 43.2 Å². The van der Waals surface area contributed by atoms with Crippen molar-refractivity contribution in [2.75, 3.05) is 25.1 Å². The van der Waals surface area contributed by atoms with Crippen LogP contribution in [0.1, 0.15) is 29.6 Å². The molecule has 20 heavy (non-hydrogen) atoms. The number of carbonyl (C=O) groups is 1. The third kappa shape index (κ3) is 2.33. The first-order chi connectivity index (χ1) is 9.54. The monoisotopic (exact) mass is 275 g/mol. The zero-order valence-corrected chi connectivity index (χ0v) is 11.9. The lowest BCUT2D eigenvalue weighted by Crippen LogP contribution is -2.31. The molecule has 0 spiro atoms. The number of carbonyl (C=O) groups excluding carboxylic acids is 1. The first-order valence-corrected chi connectivity index (χ1v) is 7.08. The molecule has 3 atom stereocenters. The SMILES string of the molecule is CN(C)C(=O)c1ccc(N)c(NC2CC3CCC2O3)c1. The highest BCUT2D eigenvalue weighted by molar-refractivity contribution is 5.95. The van der Waals surface area contributed by atoms with Crippen LogP contribution in [0, 0.1) is 0 Å². The molecule has 0 aliphatic carbocycles. The summed E-state index contributed by atoms with van der Waals surface area (Å²) in [6, 6.07) is 5.69. The number of nitrogens with zero attached hydrogens (tertiary/aromatic N) is 1. The van der Waals surface area contributed by atoms with Crippen LogP contribution in [0.2, 0.25) is 0 Å². The molecule has 3 rings (SSSR count). The van der Waals surface area contributed by atoms with E-state index in [0.29, 0.717) is 23.4 Å². The third-order valence-electron chi connectivity index (χ3n) is 4.15. The second-order valence-electron chi connectivity index (χ2n) is 5.86. The van der Waals surface area contributed by atoms with Gasteiger partial charge in [-0.25, -0.2) is 0 Å². The van der Waals surface area contributed by atoms with E-state index in [0.717, 1.165) is 24.9 Å². The average molecular weight is 275 g/mol. The average Bonchev–Trinajstić information content (AvgIpc) is 3.02. The molecule has 2 aliphatic rings. The van der Waals surface area contributed by atoms with E-state index in [4.69, 9.17) is 10.5 Å². The first-order valence-electron chi connectivity index (χ1n) is 7.08. The summed E-state index contributed by atoms with van der Waals surface area (Å²) in [6.07, 6.45) is 3.98. The van der Waals surface area contributed by atoms with Gasteiger partial charge < -0.3 is 20.7 Å². The second-order valence-corrected chi connectivity index (χ2v) is 5.86. The summed E-state index contributed by atoms with van der Waals surface area (Å²) < 4.78 is 5.83. The van der Waals surface area contributed by atoms with Crippen LogP contribution in [0.25, 0.3) is 0 Å². The zero-order chi connectivity index (χ0) is 14.3.